The third kappa shape index (κ3) is 3.14. The van der Waals surface area contributed by atoms with Gasteiger partial charge < -0.3 is 19.3 Å². The zero-order valence-corrected chi connectivity index (χ0v) is 15.0. The Morgan fingerprint density at radius 3 is 2.74 bits per heavy atom. The average molecular weight is 369 g/mol. The van der Waals surface area contributed by atoms with Gasteiger partial charge in [0.2, 0.25) is 5.88 Å². The fourth-order valence-electron chi connectivity index (χ4n) is 3.19. The number of amides is 1. The topological polar surface area (TPSA) is 119 Å². The summed E-state index contributed by atoms with van der Waals surface area (Å²) in [6.07, 6.45) is 4.31. The molecule has 1 atom stereocenters. The van der Waals surface area contributed by atoms with Crippen LogP contribution in [0.15, 0.2) is 18.7 Å². The first-order valence-electron chi connectivity index (χ1n) is 8.71. The predicted molar refractivity (Wildman–Crippen MR) is 95.4 cm³/mol. The highest BCUT2D eigenvalue weighted by molar-refractivity contribution is 5.81. The van der Waals surface area contributed by atoms with E-state index in [9.17, 15) is 4.79 Å². The van der Waals surface area contributed by atoms with Crippen LogP contribution in [-0.2, 0) is 6.54 Å². The van der Waals surface area contributed by atoms with E-state index in [1.54, 1.807) is 12.4 Å². The number of hydrogen-bond acceptors (Lipinski definition) is 7. The Kier molecular flexibility index (Phi) is 4.30. The number of nitrogens with zero attached hydrogens (tertiary/aromatic N) is 7. The average Bonchev–Trinajstić information content (AvgIpc) is 3.27. The highest BCUT2D eigenvalue weighted by atomic mass is 16.5. The molecule has 0 spiro atoms. The van der Waals surface area contributed by atoms with Gasteiger partial charge in [-0.05, 0) is 13.8 Å². The second kappa shape index (κ2) is 6.78. The second-order valence-electron chi connectivity index (χ2n) is 6.31. The monoisotopic (exact) mass is 369 g/mol. The summed E-state index contributed by atoms with van der Waals surface area (Å²) in [7, 11) is 0. The smallest absolute Gasteiger partial charge is 0.407 e. The summed E-state index contributed by atoms with van der Waals surface area (Å²) in [5, 5.41) is 9.10. The lowest BCUT2D eigenvalue weighted by molar-refractivity contribution is 0.145. The Hall–Kier alpha value is -3.30. The molecule has 1 fully saturated rings. The van der Waals surface area contributed by atoms with Gasteiger partial charge in [0.1, 0.15) is 24.1 Å². The van der Waals surface area contributed by atoms with Crippen molar-refractivity contribution in [2.45, 2.75) is 32.9 Å². The maximum Gasteiger partial charge on any atom is 0.407 e. The lowest BCUT2D eigenvalue weighted by atomic mass is 10.3. The van der Waals surface area contributed by atoms with Crippen LogP contribution < -0.4 is 4.74 Å². The third-order valence-corrected chi connectivity index (χ3v) is 4.55. The molecule has 3 aromatic heterocycles. The van der Waals surface area contributed by atoms with E-state index in [1.807, 2.05) is 18.4 Å². The maximum absolute atomic E-state index is 11.1. The van der Waals surface area contributed by atoms with E-state index < -0.39 is 6.09 Å². The number of aryl methyl sites for hydroxylation is 2. The molecule has 1 saturated heterocycles. The largest absolute Gasteiger partial charge is 0.471 e. The van der Waals surface area contributed by atoms with E-state index in [-0.39, 0.29) is 6.10 Å². The van der Waals surface area contributed by atoms with Crippen LogP contribution in [-0.4, -0.2) is 64.8 Å². The molecule has 3 aromatic rings. The molecule has 10 nitrogen and oxygen atoms in total. The minimum atomic E-state index is -0.939. The molecule has 0 radical (unpaired) electrons. The number of ether oxygens (including phenoxy) is 1. The molecule has 4 rings (SSSR count). The zero-order valence-electron chi connectivity index (χ0n) is 15.0. The summed E-state index contributed by atoms with van der Waals surface area (Å²) in [6, 6.07) is 0. The number of aromatic nitrogens is 6. The quantitative estimate of drug-likeness (QED) is 0.738. The molecule has 0 bridgehead atoms. The SMILES string of the molecule is CCn1c(-c2cnc(C)nc2)nc2c(O[C@H]3CCN(C(=O)O)C3)ncnc21. The molecular formula is C17H19N7O3. The summed E-state index contributed by atoms with van der Waals surface area (Å²) >= 11 is 0. The van der Waals surface area contributed by atoms with Crippen molar-refractivity contribution in [3.05, 3.63) is 24.5 Å². The van der Waals surface area contributed by atoms with Crippen molar-refractivity contribution in [3.8, 4) is 17.3 Å². The molecule has 0 aromatic carbocycles. The van der Waals surface area contributed by atoms with Crippen molar-refractivity contribution in [2.24, 2.45) is 0 Å². The summed E-state index contributed by atoms with van der Waals surface area (Å²) < 4.78 is 7.93. The summed E-state index contributed by atoms with van der Waals surface area (Å²) in [5.41, 5.74) is 1.99. The lowest BCUT2D eigenvalue weighted by Gasteiger charge is -2.13. The minimum absolute atomic E-state index is 0.253. The van der Waals surface area contributed by atoms with Crippen LogP contribution >= 0.6 is 0 Å². The van der Waals surface area contributed by atoms with E-state index in [1.165, 1.54) is 11.2 Å². The highest BCUT2D eigenvalue weighted by Crippen LogP contribution is 2.28. The first-order valence-corrected chi connectivity index (χ1v) is 8.71. The van der Waals surface area contributed by atoms with Crippen molar-refractivity contribution in [1.29, 1.82) is 0 Å². The van der Waals surface area contributed by atoms with Crippen LogP contribution in [0.1, 0.15) is 19.2 Å². The van der Waals surface area contributed by atoms with E-state index in [2.05, 4.69) is 24.9 Å². The molecule has 0 unspecified atom stereocenters. The molecule has 10 heteroatoms. The third-order valence-electron chi connectivity index (χ3n) is 4.55. The number of carbonyl (C=O) groups is 1. The van der Waals surface area contributed by atoms with Crippen molar-refractivity contribution in [3.63, 3.8) is 0 Å². The van der Waals surface area contributed by atoms with E-state index in [0.29, 0.717) is 54.7 Å². The van der Waals surface area contributed by atoms with Crippen LogP contribution in [0, 0.1) is 6.92 Å². The highest BCUT2D eigenvalue weighted by Gasteiger charge is 2.29. The first-order chi connectivity index (χ1) is 13.1. The second-order valence-corrected chi connectivity index (χ2v) is 6.31. The van der Waals surface area contributed by atoms with Gasteiger partial charge in [-0.1, -0.05) is 0 Å². The molecule has 1 aliphatic rings. The summed E-state index contributed by atoms with van der Waals surface area (Å²) in [5.74, 6) is 1.74. The number of hydrogen-bond donors (Lipinski definition) is 1. The van der Waals surface area contributed by atoms with Crippen LogP contribution in [0.2, 0.25) is 0 Å². The van der Waals surface area contributed by atoms with Gasteiger partial charge in [0, 0.05) is 31.9 Å². The van der Waals surface area contributed by atoms with Gasteiger partial charge in [0.25, 0.3) is 0 Å². The minimum Gasteiger partial charge on any atom is -0.471 e. The van der Waals surface area contributed by atoms with E-state index >= 15 is 0 Å². The fourth-order valence-corrected chi connectivity index (χ4v) is 3.19. The lowest BCUT2D eigenvalue weighted by Crippen LogP contribution is -2.29. The number of imidazole rings is 1. The molecule has 0 aliphatic carbocycles. The maximum atomic E-state index is 11.1. The van der Waals surface area contributed by atoms with Gasteiger partial charge in [-0.3, -0.25) is 0 Å². The molecule has 0 saturated carbocycles. The molecular weight excluding hydrogens is 350 g/mol. The van der Waals surface area contributed by atoms with Gasteiger partial charge in [-0.15, -0.1) is 0 Å². The number of carboxylic acid groups (broad SMARTS) is 1. The Bertz CT molecular complexity index is 986. The number of fused-ring (bicyclic) bond motifs is 1. The molecule has 140 valence electrons. The van der Waals surface area contributed by atoms with Crippen molar-refractivity contribution in [1.82, 2.24) is 34.4 Å². The zero-order chi connectivity index (χ0) is 19.0. The number of likely N-dealkylation sites (tertiary alicyclic amines) is 1. The van der Waals surface area contributed by atoms with E-state index in [4.69, 9.17) is 9.84 Å². The summed E-state index contributed by atoms with van der Waals surface area (Å²) in [4.78, 5) is 34.2. The molecule has 27 heavy (non-hydrogen) atoms. The molecule has 1 aliphatic heterocycles. The van der Waals surface area contributed by atoms with Crippen LogP contribution in [0.3, 0.4) is 0 Å². The van der Waals surface area contributed by atoms with Crippen LogP contribution in [0.4, 0.5) is 4.79 Å². The Balaban J connectivity index is 1.71. The molecule has 1 amide bonds. The Morgan fingerprint density at radius 1 is 1.30 bits per heavy atom. The van der Waals surface area contributed by atoms with Gasteiger partial charge in [-0.25, -0.2) is 24.7 Å². The van der Waals surface area contributed by atoms with Gasteiger partial charge in [0.05, 0.1) is 12.1 Å². The fraction of sp³-hybridized carbons (Fsp3) is 0.412. The molecule has 4 heterocycles. The van der Waals surface area contributed by atoms with Crippen LogP contribution in [0.25, 0.3) is 22.6 Å². The summed E-state index contributed by atoms with van der Waals surface area (Å²) in [6.45, 7) is 5.25. The van der Waals surface area contributed by atoms with Crippen molar-refractivity contribution < 1.29 is 14.6 Å². The van der Waals surface area contributed by atoms with Gasteiger partial charge in [0.15, 0.2) is 11.2 Å². The predicted octanol–water partition coefficient (Wildman–Crippen LogP) is 1.74. The van der Waals surface area contributed by atoms with Gasteiger partial charge >= 0.3 is 6.09 Å². The molecule has 1 N–H and O–H groups in total. The normalized spacial score (nSPS) is 16.8. The Labute approximate surface area is 154 Å². The van der Waals surface area contributed by atoms with Crippen molar-refractivity contribution >= 4 is 17.3 Å². The van der Waals surface area contributed by atoms with Crippen molar-refractivity contribution in [2.75, 3.05) is 13.1 Å². The number of rotatable bonds is 4. The van der Waals surface area contributed by atoms with Crippen LogP contribution in [0.5, 0.6) is 5.88 Å². The first kappa shape index (κ1) is 17.1. The van der Waals surface area contributed by atoms with E-state index in [0.717, 1.165) is 5.56 Å². The standard InChI is InChI=1S/C17H19N7O3/c1-3-24-14(11-6-18-10(2)19-7-11)22-13-15(24)20-9-21-16(13)27-12-4-5-23(8-12)17(25)26/h6-7,9,12H,3-5,8H2,1-2H3,(H,25,26)/t12-/m0/s1. The van der Waals surface area contributed by atoms with Gasteiger partial charge in [-0.2, -0.15) is 4.98 Å². The Morgan fingerprint density at radius 2 is 2.07 bits per heavy atom.